The van der Waals surface area contributed by atoms with Crippen LogP contribution in [0.15, 0.2) is 24.7 Å². The van der Waals surface area contributed by atoms with Crippen molar-refractivity contribution in [2.75, 3.05) is 0 Å². The van der Waals surface area contributed by atoms with Gasteiger partial charge in [0, 0.05) is 0 Å². The Labute approximate surface area is 90.6 Å². The molecule has 0 heterocycles. The van der Waals surface area contributed by atoms with E-state index < -0.39 is 18.1 Å². The van der Waals surface area contributed by atoms with Crippen molar-refractivity contribution in [3.63, 3.8) is 0 Å². The Kier molecular flexibility index (Phi) is 6.88. The zero-order valence-corrected chi connectivity index (χ0v) is 8.16. The minimum absolute atomic E-state index is 0.276. The topological polar surface area (TPSA) is 110 Å². The SMILES string of the molecule is O=C(O)CC=COC(=O)OC=CCC(=O)O. The molecule has 0 aromatic carbocycles. The maximum atomic E-state index is 10.7. The van der Waals surface area contributed by atoms with Crippen molar-refractivity contribution in [1.82, 2.24) is 0 Å². The third kappa shape index (κ3) is 9.78. The van der Waals surface area contributed by atoms with Crippen molar-refractivity contribution in [2.45, 2.75) is 12.8 Å². The molecule has 0 spiro atoms. The molecule has 0 aromatic rings. The third-order valence-corrected chi connectivity index (χ3v) is 1.11. The van der Waals surface area contributed by atoms with Crippen LogP contribution in [-0.2, 0) is 19.1 Å². The fraction of sp³-hybridized carbons (Fsp3) is 0.222. The number of ether oxygens (including phenoxy) is 2. The molecule has 0 unspecified atom stereocenters. The number of hydrogen-bond donors (Lipinski definition) is 2. The minimum atomic E-state index is -1.08. The maximum absolute atomic E-state index is 10.7. The molecule has 0 radical (unpaired) electrons. The van der Waals surface area contributed by atoms with Crippen molar-refractivity contribution in [2.24, 2.45) is 0 Å². The van der Waals surface area contributed by atoms with E-state index in [1.165, 1.54) is 0 Å². The van der Waals surface area contributed by atoms with E-state index in [0.717, 1.165) is 24.7 Å². The number of hydrogen-bond acceptors (Lipinski definition) is 5. The first-order valence-electron chi connectivity index (χ1n) is 4.13. The average molecular weight is 230 g/mol. The van der Waals surface area contributed by atoms with Crippen molar-refractivity contribution in [3.8, 4) is 0 Å². The Morgan fingerprint density at radius 3 is 1.56 bits per heavy atom. The van der Waals surface area contributed by atoms with Crippen molar-refractivity contribution >= 4 is 18.1 Å². The first-order valence-corrected chi connectivity index (χ1v) is 4.13. The smallest absolute Gasteiger partial charge is 0.481 e. The molecule has 0 saturated heterocycles. The molecule has 88 valence electrons. The zero-order valence-electron chi connectivity index (χ0n) is 8.16. The van der Waals surface area contributed by atoms with Crippen LogP contribution in [0.1, 0.15) is 12.8 Å². The number of carboxylic acid groups (broad SMARTS) is 2. The molecule has 0 saturated carbocycles. The quantitative estimate of drug-likeness (QED) is 0.519. The first-order chi connectivity index (χ1) is 7.52. The molecule has 16 heavy (non-hydrogen) atoms. The second-order valence-corrected chi connectivity index (χ2v) is 2.42. The van der Waals surface area contributed by atoms with Gasteiger partial charge in [0.1, 0.15) is 0 Å². The Balaban J connectivity index is 3.66. The molecule has 0 atom stereocenters. The van der Waals surface area contributed by atoms with E-state index in [-0.39, 0.29) is 12.8 Å². The second-order valence-electron chi connectivity index (χ2n) is 2.42. The molecular weight excluding hydrogens is 220 g/mol. The first kappa shape index (κ1) is 13.7. The predicted molar refractivity (Wildman–Crippen MR) is 50.4 cm³/mol. The summed E-state index contributed by atoms with van der Waals surface area (Å²) in [5.74, 6) is -2.12. The van der Waals surface area contributed by atoms with E-state index in [4.69, 9.17) is 10.2 Å². The van der Waals surface area contributed by atoms with Gasteiger partial charge in [0.25, 0.3) is 0 Å². The summed E-state index contributed by atoms with van der Waals surface area (Å²) in [7, 11) is 0. The molecule has 0 bridgehead atoms. The molecule has 7 nitrogen and oxygen atoms in total. The number of carbonyl (C=O) groups excluding carboxylic acids is 1. The molecule has 0 aliphatic rings. The van der Waals surface area contributed by atoms with Gasteiger partial charge in [0.15, 0.2) is 0 Å². The van der Waals surface area contributed by atoms with Crippen molar-refractivity contribution in [1.29, 1.82) is 0 Å². The van der Waals surface area contributed by atoms with Crippen LogP contribution >= 0.6 is 0 Å². The van der Waals surface area contributed by atoms with Crippen molar-refractivity contribution < 1.29 is 34.1 Å². The van der Waals surface area contributed by atoms with Crippen LogP contribution in [0.2, 0.25) is 0 Å². The summed E-state index contributed by atoms with van der Waals surface area (Å²) in [4.78, 5) is 30.7. The highest BCUT2D eigenvalue weighted by atomic mass is 16.7. The highest BCUT2D eigenvalue weighted by Gasteiger charge is 1.98. The van der Waals surface area contributed by atoms with Gasteiger partial charge in [-0.25, -0.2) is 4.79 Å². The van der Waals surface area contributed by atoms with E-state index in [1.54, 1.807) is 0 Å². The lowest BCUT2D eigenvalue weighted by atomic mass is 10.4. The zero-order chi connectivity index (χ0) is 12.4. The van der Waals surface area contributed by atoms with Gasteiger partial charge in [0.05, 0.1) is 25.4 Å². The van der Waals surface area contributed by atoms with Gasteiger partial charge in [0.2, 0.25) is 0 Å². The summed E-state index contributed by atoms with van der Waals surface area (Å²) in [6.07, 6.45) is 2.35. The Morgan fingerprint density at radius 2 is 1.25 bits per heavy atom. The van der Waals surface area contributed by atoms with E-state index in [1.807, 2.05) is 0 Å². The Hall–Kier alpha value is -2.31. The van der Waals surface area contributed by atoms with Gasteiger partial charge >= 0.3 is 18.1 Å². The average Bonchev–Trinajstić information content (AvgIpc) is 2.19. The van der Waals surface area contributed by atoms with Gasteiger partial charge in [-0.2, -0.15) is 0 Å². The van der Waals surface area contributed by atoms with E-state index >= 15 is 0 Å². The highest BCUT2D eigenvalue weighted by molar-refractivity contribution is 5.69. The molecule has 0 aliphatic heterocycles. The van der Waals surface area contributed by atoms with Crippen LogP contribution in [0.5, 0.6) is 0 Å². The molecular formula is C9H10O7. The van der Waals surface area contributed by atoms with E-state index in [9.17, 15) is 14.4 Å². The van der Waals surface area contributed by atoms with Gasteiger partial charge in [-0.3, -0.25) is 9.59 Å². The lowest BCUT2D eigenvalue weighted by Gasteiger charge is -1.95. The van der Waals surface area contributed by atoms with Crippen LogP contribution in [0.3, 0.4) is 0 Å². The molecule has 0 fully saturated rings. The summed E-state index contributed by atoms with van der Waals surface area (Å²) >= 11 is 0. The normalized spacial score (nSPS) is 10.5. The van der Waals surface area contributed by atoms with Gasteiger partial charge in [-0.1, -0.05) is 0 Å². The summed E-state index contributed by atoms with van der Waals surface area (Å²) in [6, 6.07) is 0. The fourth-order valence-electron chi connectivity index (χ4n) is 0.533. The summed E-state index contributed by atoms with van der Waals surface area (Å²) in [6.45, 7) is 0. The van der Waals surface area contributed by atoms with E-state index in [2.05, 4.69) is 9.47 Å². The largest absolute Gasteiger partial charge is 0.518 e. The van der Waals surface area contributed by atoms with Crippen LogP contribution in [-0.4, -0.2) is 28.3 Å². The fourth-order valence-corrected chi connectivity index (χ4v) is 0.533. The van der Waals surface area contributed by atoms with Gasteiger partial charge < -0.3 is 19.7 Å². The summed E-state index contributed by atoms with van der Waals surface area (Å²) in [5, 5.41) is 16.4. The third-order valence-electron chi connectivity index (χ3n) is 1.11. The molecule has 0 amide bonds. The molecule has 0 rings (SSSR count). The van der Waals surface area contributed by atoms with Crippen LogP contribution in [0, 0.1) is 0 Å². The predicted octanol–water partition coefficient (Wildman–Crippen LogP) is 1.12. The molecule has 7 heteroatoms. The monoisotopic (exact) mass is 230 g/mol. The number of carboxylic acids is 2. The Morgan fingerprint density at radius 1 is 0.875 bits per heavy atom. The lowest BCUT2D eigenvalue weighted by Crippen LogP contribution is -1.99. The van der Waals surface area contributed by atoms with E-state index in [0.29, 0.717) is 0 Å². The standard InChI is InChI=1S/C9H10O7/c10-7(11)3-1-5-15-9(14)16-6-2-4-8(12)13/h1-2,5-6H,3-4H2,(H,10,11)(H,12,13). The van der Waals surface area contributed by atoms with Gasteiger partial charge in [-0.05, 0) is 12.2 Å². The second kappa shape index (κ2) is 8.04. The van der Waals surface area contributed by atoms with Gasteiger partial charge in [-0.15, -0.1) is 0 Å². The molecule has 0 aliphatic carbocycles. The van der Waals surface area contributed by atoms with Crippen LogP contribution < -0.4 is 0 Å². The maximum Gasteiger partial charge on any atom is 0.518 e. The summed E-state index contributed by atoms with van der Waals surface area (Å²) < 4.78 is 8.59. The Bertz CT molecular complexity index is 286. The molecule has 2 N–H and O–H groups in total. The highest BCUT2D eigenvalue weighted by Crippen LogP contribution is 1.91. The number of aliphatic carboxylic acids is 2. The minimum Gasteiger partial charge on any atom is -0.481 e. The van der Waals surface area contributed by atoms with Crippen LogP contribution in [0.4, 0.5) is 4.79 Å². The van der Waals surface area contributed by atoms with Crippen LogP contribution in [0.25, 0.3) is 0 Å². The lowest BCUT2D eigenvalue weighted by molar-refractivity contribution is -0.137. The molecule has 0 aromatic heterocycles. The number of carbonyl (C=O) groups is 3. The van der Waals surface area contributed by atoms with Crippen molar-refractivity contribution in [3.05, 3.63) is 24.7 Å². The number of rotatable bonds is 6. The summed E-state index contributed by atoms with van der Waals surface area (Å²) in [5.41, 5.74) is 0.